The molecule has 2 heterocycles. The summed E-state index contributed by atoms with van der Waals surface area (Å²) < 4.78 is 0. The summed E-state index contributed by atoms with van der Waals surface area (Å²) in [7, 11) is 0. The van der Waals surface area contributed by atoms with Gasteiger partial charge in [-0.05, 0) is 32.8 Å². The van der Waals surface area contributed by atoms with Crippen molar-refractivity contribution >= 4 is 29.1 Å². The Morgan fingerprint density at radius 1 is 1.47 bits per heavy atom. The highest BCUT2D eigenvalue weighted by Gasteiger charge is 2.36. The van der Waals surface area contributed by atoms with E-state index >= 15 is 0 Å². The monoisotopic (exact) mass is 272 g/mol. The molecule has 1 aromatic heterocycles. The predicted octanol–water partition coefficient (Wildman–Crippen LogP) is 3.40. The summed E-state index contributed by atoms with van der Waals surface area (Å²) in [6, 6.07) is 1.53. The molecule has 0 bridgehead atoms. The molecule has 1 aromatic rings. The molecule has 0 aromatic carbocycles. The van der Waals surface area contributed by atoms with E-state index in [1.54, 1.807) is 0 Å². The van der Waals surface area contributed by atoms with Crippen LogP contribution in [0.2, 0.25) is 10.2 Å². The standard InChI is InChI=1S/C12H14Cl2N2O/c1-12(2)4-3-5-16(12)11(17)8-6-10(14)15-7-9(8)13/h6-7H,3-5H2,1-2H3. The lowest BCUT2D eigenvalue weighted by atomic mass is 10.0. The molecule has 1 aliphatic heterocycles. The van der Waals surface area contributed by atoms with Crippen molar-refractivity contribution in [2.24, 2.45) is 0 Å². The minimum absolute atomic E-state index is 0.0678. The Morgan fingerprint density at radius 2 is 2.18 bits per heavy atom. The maximum Gasteiger partial charge on any atom is 0.255 e. The topological polar surface area (TPSA) is 33.2 Å². The first-order valence-electron chi connectivity index (χ1n) is 5.55. The summed E-state index contributed by atoms with van der Waals surface area (Å²) in [5.74, 6) is -0.0678. The van der Waals surface area contributed by atoms with Gasteiger partial charge in [-0.15, -0.1) is 0 Å². The van der Waals surface area contributed by atoms with Crippen molar-refractivity contribution < 1.29 is 4.79 Å². The molecule has 3 nitrogen and oxygen atoms in total. The SMILES string of the molecule is CC1(C)CCCN1C(=O)c1cc(Cl)ncc1Cl. The lowest BCUT2D eigenvalue weighted by Gasteiger charge is -2.31. The van der Waals surface area contributed by atoms with E-state index in [0.29, 0.717) is 10.6 Å². The van der Waals surface area contributed by atoms with Crippen LogP contribution in [0.4, 0.5) is 0 Å². The quantitative estimate of drug-likeness (QED) is 0.735. The number of nitrogens with zero attached hydrogens (tertiary/aromatic N) is 2. The van der Waals surface area contributed by atoms with E-state index < -0.39 is 0 Å². The Labute approximate surface area is 111 Å². The van der Waals surface area contributed by atoms with Crippen LogP contribution in [0.25, 0.3) is 0 Å². The molecule has 5 heteroatoms. The van der Waals surface area contributed by atoms with Crippen LogP contribution in [0.5, 0.6) is 0 Å². The van der Waals surface area contributed by atoms with Gasteiger partial charge >= 0.3 is 0 Å². The fourth-order valence-corrected chi connectivity index (χ4v) is 2.55. The molecule has 1 saturated heterocycles. The Hall–Kier alpha value is -0.800. The minimum Gasteiger partial charge on any atom is -0.333 e. The van der Waals surface area contributed by atoms with Crippen molar-refractivity contribution in [3.63, 3.8) is 0 Å². The average Bonchev–Trinajstić information content (AvgIpc) is 2.61. The zero-order chi connectivity index (χ0) is 12.6. The summed E-state index contributed by atoms with van der Waals surface area (Å²) >= 11 is 11.8. The van der Waals surface area contributed by atoms with Gasteiger partial charge in [-0.3, -0.25) is 4.79 Å². The lowest BCUT2D eigenvalue weighted by molar-refractivity contribution is 0.0652. The largest absolute Gasteiger partial charge is 0.333 e. The summed E-state index contributed by atoms with van der Waals surface area (Å²) in [5.41, 5.74) is 0.317. The molecule has 0 spiro atoms. The molecule has 0 saturated carbocycles. The number of aromatic nitrogens is 1. The van der Waals surface area contributed by atoms with Crippen molar-refractivity contribution in [2.45, 2.75) is 32.2 Å². The Balaban J connectivity index is 2.34. The Kier molecular flexibility index (Phi) is 3.32. The smallest absolute Gasteiger partial charge is 0.255 e. The molecule has 17 heavy (non-hydrogen) atoms. The van der Waals surface area contributed by atoms with E-state index in [0.717, 1.165) is 19.4 Å². The number of carbonyl (C=O) groups excluding carboxylic acids is 1. The minimum atomic E-state index is -0.115. The first-order chi connectivity index (χ1) is 7.92. The van der Waals surface area contributed by atoms with Crippen LogP contribution in [0.3, 0.4) is 0 Å². The van der Waals surface area contributed by atoms with Crippen LogP contribution >= 0.6 is 23.2 Å². The first kappa shape index (κ1) is 12.7. The molecular weight excluding hydrogens is 259 g/mol. The van der Waals surface area contributed by atoms with Gasteiger partial charge in [0.15, 0.2) is 0 Å². The Bertz CT molecular complexity index is 460. The molecule has 1 fully saturated rings. The van der Waals surface area contributed by atoms with E-state index in [1.165, 1.54) is 12.3 Å². The van der Waals surface area contributed by atoms with Crippen LogP contribution in [-0.4, -0.2) is 27.9 Å². The van der Waals surface area contributed by atoms with Crippen LogP contribution in [-0.2, 0) is 0 Å². The molecule has 0 N–H and O–H groups in total. The molecule has 1 aliphatic rings. The highest BCUT2D eigenvalue weighted by atomic mass is 35.5. The molecule has 92 valence electrons. The number of hydrogen-bond donors (Lipinski definition) is 0. The highest BCUT2D eigenvalue weighted by Crippen LogP contribution is 2.31. The molecule has 0 unspecified atom stereocenters. The average molecular weight is 273 g/mol. The second-order valence-corrected chi connectivity index (χ2v) is 5.65. The number of halogens is 2. The number of pyridine rings is 1. The van der Waals surface area contributed by atoms with Crippen LogP contribution in [0.15, 0.2) is 12.3 Å². The van der Waals surface area contributed by atoms with Gasteiger partial charge in [0.05, 0.1) is 10.6 Å². The number of rotatable bonds is 1. The molecule has 2 rings (SSSR count). The van der Waals surface area contributed by atoms with Crippen molar-refractivity contribution in [3.8, 4) is 0 Å². The zero-order valence-corrected chi connectivity index (χ0v) is 11.3. The molecule has 0 radical (unpaired) electrons. The Morgan fingerprint density at radius 3 is 2.76 bits per heavy atom. The van der Waals surface area contributed by atoms with Crippen LogP contribution in [0, 0.1) is 0 Å². The van der Waals surface area contributed by atoms with Gasteiger partial charge in [-0.25, -0.2) is 4.98 Å². The van der Waals surface area contributed by atoms with Gasteiger partial charge in [0, 0.05) is 18.3 Å². The predicted molar refractivity (Wildman–Crippen MR) is 68.6 cm³/mol. The first-order valence-corrected chi connectivity index (χ1v) is 6.30. The fraction of sp³-hybridized carbons (Fsp3) is 0.500. The summed E-state index contributed by atoms with van der Waals surface area (Å²) in [4.78, 5) is 18.1. The molecule has 1 amide bonds. The van der Waals surface area contributed by atoms with Crippen molar-refractivity contribution in [1.29, 1.82) is 0 Å². The van der Waals surface area contributed by atoms with Crippen molar-refractivity contribution in [2.75, 3.05) is 6.54 Å². The van der Waals surface area contributed by atoms with E-state index in [1.807, 2.05) is 4.90 Å². The summed E-state index contributed by atoms with van der Waals surface area (Å²) in [6.45, 7) is 4.89. The summed E-state index contributed by atoms with van der Waals surface area (Å²) in [6.07, 6.45) is 3.45. The van der Waals surface area contributed by atoms with Gasteiger partial charge in [0.25, 0.3) is 5.91 Å². The van der Waals surface area contributed by atoms with Gasteiger partial charge < -0.3 is 4.90 Å². The van der Waals surface area contributed by atoms with E-state index in [2.05, 4.69) is 18.8 Å². The molecular formula is C12H14Cl2N2O. The second kappa shape index (κ2) is 4.46. The van der Waals surface area contributed by atoms with Crippen LogP contribution in [0.1, 0.15) is 37.0 Å². The number of likely N-dealkylation sites (tertiary alicyclic amines) is 1. The number of carbonyl (C=O) groups is 1. The lowest BCUT2D eigenvalue weighted by Crippen LogP contribution is -2.42. The van der Waals surface area contributed by atoms with E-state index in [9.17, 15) is 4.79 Å². The highest BCUT2D eigenvalue weighted by molar-refractivity contribution is 6.35. The third-order valence-electron chi connectivity index (χ3n) is 3.20. The summed E-state index contributed by atoms with van der Waals surface area (Å²) in [5, 5.41) is 0.636. The van der Waals surface area contributed by atoms with Gasteiger partial charge in [-0.2, -0.15) is 0 Å². The third kappa shape index (κ3) is 2.40. The van der Waals surface area contributed by atoms with E-state index in [-0.39, 0.29) is 16.6 Å². The van der Waals surface area contributed by atoms with Crippen molar-refractivity contribution in [3.05, 3.63) is 28.0 Å². The molecule has 0 aliphatic carbocycles. The number of hydrogen-bond acceptors (Lipinski definition) is 2. The maximum atomic E-state index is 12.4. The van der Waals surface area contributed by atoms with Crippen LogP contribution < -0.4 is 0 Å². The third-order valence-corrected chi connectivity index (χ3v) is 3.71. The number of amides is 1. The fourth-order valence-electron chi connectivity index (χ4n) is 2.21. The van der Waals surface area contributed by atoms with Gasteiger partial charge in [-0.1, -0.05) is 23.2 Å². The van der Waals surface area contributed by atoms with Gasteiger partial charge in [0.1, 0.15) is 5.15 Å². The van der Waals surface area contributed by atoms with Gasteiger partial charge in [0.2, 0.25) is 0 Å². The molecule has 0 atom stereocenters. The maximum absolute atomic E-state index is 12.4. The van der Waals surface area contributed by atoms with Crippen molar-refractivity contribution in [1.82, 2.24) is 9.88 Å². The normalized spacial score (nSPS) is 18.5. The van der Waals surface area contributed by atoms with E-state index in [4.69, 9.17) is 23.2 Å². The second-order valence-electron chi connectivity index (χ2n) is 4.86. The zero-order valence-electron chi connectivity index (χ0n) is 9.83.